The molecule has 0 aromatic rings. The van der Waals surface area contributed by atoms with Crippen molar-refractivity contribution >= 4 is 0 Å². The molecule has 0 fully saturated rings. The monoisotopic (exact) mass is 398 g/mol. The molecule has 5 N–H and O–H groups in total. The van der Waals surface area contributed by atoms with Crippen molar-refractivity contribution in [3.8, 4) is 0 Å². The van der Waals surface area contributed by atoms with Crippen LogP contribution in [0.3, 0.4) is 0 Å². The smallest absolute Gasteiger partial charge is 0.0319 e. The fourth-order valence-corrected chi connectivity index (χ4v) is 0. The predicted octanol–water partition coefficient (Wildman–Crippen LogP) is -1.96. The van der Waals surface area contributed by atoms with Gasteiger partial charge in [0.2, 0.25) is 0 Å². The fraction of sp³-hybridized carbons (Fsp3) is 1.00. The second-order valence-corrected chi connectivity index (χ2v) is 0. The zero-order chi connectivity index (χ0) is 10.0. The van der Waals surface area contributed by atoms with Crippen LogP contribution in [0.2, 0.25) is 0 Å². The van der Waals surface area contributed by atoms with E-state index in [0.717, 1.165) is 35.5 Å². The van der Waals surface area contributed by atoms with Crippen molar-refractivity contribution in [1.82, 2.24) is 0 Å². The largest absolute Gasteiger partial charge is 0.400 e. The summed E-state index contributed by atoms with van der Waals surface area (Å²) in [5.41, 5.74) is 0. The Kier molecular flexibility index (Phi) is 5380. The molecule has 0 saturated heterocycles. The van der Waals surface area contributed by atoms with E-state index < -0.39 is 0 Å². The van der Waals surface area contributed by atoms with Gasteiger partial charge in [-0.15, -0.1) is 0 Å². The van der Waals surface area contributed by atoms with E-state index in [4.69, 9.17) is 25.5 Å². The normalized spacial score (nSPS) is 2.73. The third-order valence-electron chi connectivity index (χ3n) is 0. The SMILES string of the molecule is CO.CO.CO.CO.CO.[U]. The number of rotatable bonds is 0. The number of hydrogen-bond acceptors (Lipinski definition) is 5. The molecule has 0 heterocycles. The molecule has 0 spiro atoms. The van der Waals surface area contributed by atoms with Crippen LogP contribution in [-0.2, 0) is 0 Å². The predicted molar refractivity (Wildman–Crippen MR) is 40.7 cm³/mol. The van der Waals surface area contributed by atoms with E-state index in [1.807, 2.05) is 0 Å². The molecule has 11 heavy (non-hydrogen) atoms. The second-order valence-electron chi connectivity index (χ2n) is 0. The van der Waals surface area contributed by atoms with Crippen LogP contribution in [0.5, 0.6) is 0 Å². The second kappa shape index (κ2) is 1450. The number of aliphatic hydroxyl groups is 5. The van der Waals surface area contributed by atoms with Crippen LogP contribution in [-0.4, -0.2) is 61.1 Å². The maximum Gasteiger partial charge on any atom is 0.0319 e. The standard InChI is InChI=1S/5CH4O.U/c5*1-2;/h5*2H,1H3;. The van der Waals surface area contributed by atoms with Crippen molar-refractivity contribution in [3.63, 3.8) is 0 Å². The molecule has 0 aromatic carbocycles. The van der Waals surface area contributed by atoms with Gasteiger partial charge >= 0.3 is 0 Å². The van der Waals surface area contributed by atoms with Gasteiger partial charge < -0.3 is 25.5 Å². The minimum atomic E-state index is 0. The third kappa shape index (κ3) is 1170. The molecule has 0 radical (unpaired) electrons. The van der Waals surface area contributed by atoms with Gasteiger partial charge in [0, 0.05) is 66.7 Å². The first-order valence-corrected chi connectivity index (χ1v) is 2.24. The van der Waals surface area contributed by atoms with Crippen LogP contribution in [0.1, 0.15) is 0 Å². The molecule has 0 aliphatic heterocycles. The zero-order valence-electron chi connectivity index (χ0n) is 7.74. The van der Waals surface area contributed by atoms with Crippen molar-refractivity contribution in [2.75, 3.05) is 35.5 Å². The third-order valence-corrected chi connectivity index (χ3v) is 0. The molecule has 0 rings (SSSR count). The van der Waals surface area contributed by atoms with E-state index >= 15 is 0 Å². The Morgan fingerprint density at radius 3 is 0.364 bits per heavy atom. The molecule has 0 amide bonds. The van der Waals surface area contributed by atoms with E-state index in [-0.39, 0.29) is 31.1 Å². The first-order valence-electron chi connectivity index (χ1n) is 2.24. The summed E-state index contributed by atoms with van der Waals surface area (Å²) < 4.78 is 0. The zero-order valence-corrected chi connectivity index (χ0v) is 11.9. The molecule has 0 aliphatic carbocycles. The molecule has 6 heteroatoms. The van der Waals surface area contributed by atoms with Gasteiger partial charge in [0.15, 0.2) is 0 Å². The van der Waals surface area contributed by atoms with E-state index in [1.54, 1.807) is 0 Å². The minimum Gasteiger partial charge on any atom is -0.400 e. The Hall–Kier alpha value is 0.852. The van der Waals surface area contributed by atoms with Gasteiger partial charge in [0.05, 0.1) is 0 Å². The van der Waals surface area contributed by atoms with Crippen molar-refractivity contribution in [3.05, 3.63) is 0 Å². The molecule has 0 aromatic heterocycles. The van der Waals surface area contributed by atoms with Crippen LogP contribution in [0.25, 0.3) is 0 Å². The van der Waals surface area contributed by atoms with Crippen LogP contribution in [0.4, 0.5) is 0 Å². The first kappa shape index (κ1) is 40.8. The molecule has 74 valence electrons. The van der Waals surface area contributed by atoms with E-state index in [9.17, 15) is 0 Å². The van der Waals surface area contributed by atoms with Gasteiger partial charge in [-0.05, 0) is 0 Å². The van der Waals surface area contributed by atoms with Crippen molar-refractivity contribution < 1.29 is 56.6 Å². The fourth-order valence-electron chi connectivity index (χ4n) is 0. The van der Waals surface area contributed by atoms with Crippen LogP contribution in [0, 0.1) is 31.1 Å². The first-order chi connectivity index (χ1) is 5.00. The summed E-state index contributed by atoms with van der Waals surface area (Å²) in [6.07, 6.45) is 0. The minimum absolute atomic E-state index is 0. The summed E-state index contributed by atoms with van der Waals surface area (Å²) in [7, 11) is 5.00. The Balaban J connectivity index is -0.00000000694. The van der Waals surface area contributed by atoms with E-state index in [1.165, 1.54) is 0 Å². The Morgan fingerprint density at radius 1 is 0.364 bits per heavy atom. The van der Waals surface area contributed by atoms with E-state index in [0.29, 0.717) is 0 Å². The molecule has 0 unspecified atom stereocenters. The molecular formula is C5H20O5U. The summed E-state index contributed by atoms with van der Waals surface area (Å²) in [6, 6.07) is 0. The van der Waals surface area contributed by atoms with Crippen LogP contribution >= 0.6 is 0 Å². The Labute approximate surface area is 92.1 Å². The molecular weight excluding hydrogens is 378 g/mol. The van der Waals surface area contributed by atoms with Gasteiger partial charge in [0.1, 0.15) is 0 Å². The molecule has 5 nitrogen and oxygen atoms in total. The number of aliphatic hydroxyl groups excluding tert-OH is 5. The van der Waals surface area contributed by atoms with Crippen LogP contribution in [0.15, 0.2) is 0 Å². The molecule has 0 saturated carbocycles. The molecule has 0 aliphatic rings. The average Bonchev–Trinajstić information content (AvgIpc) is 2.20. The molecule has 0 atom stereocenters. The van der Waals surface area contributed by atoms with E-state index in [2.05, 4.69) is 0 Å². The van der Waals surface area contributed by atoms with Gasteiger partial charge in [-0.2, -0.15) is 0 Å². The van der Waals surface area contributed by atoms with Crippen molar-refractivity contribution in [2.24, 2.45) is 0 Å². The maximum atomic E-state index is 7.00. The summed E-state index contributed by atoms with van der Waals surface area (Å²) >= 11 is 0. The average molecular weight is 398 g/mol. The molecule has 0 bridgehead atoms. The summed E-state index contributed by atoms with van der Waals surface area (Å²) in [5, 5.41) is 35.0. The maximum absolute atomic E-state index is 7.00. The van der Waals surface area contributed by atoms with Gasteiger partial charge in [-0.25, -0.2) is 0 Å². The van der Waals surface area contributed by atoms with Gasteiger partial charge in [-0.1, -0.05) is 0 Å². The Morgan fingerprint density at radius 2 is 0.364 bits per heavy atom. The Bertz CT molecular complexity index is 14.8. The summed E-state index contributed by atoms with van der Waals surface area (Å²) in [4.78, 5) is 0. The quantitative estimate of drug-likeness (QED) is 0.327. The van der Waals surface area contributed by atoms with Crippen molar-refractivity contribution in [2.45, 2.75) is 0 Å². The van der Waals surface area contributed by atoms with Crippen LogP contribution < -0.4 is 0 Å². The summed E-state index contributed by atoms with van der Waals surface area (Å²) in [6.45, 7) is 0. The topological polar surface area (TPSA) is 101 Å². The van der Waals surface area contributed by atoms with Gasteiger partial charge in [-0.3, -0.25) is 0 Å². The summed E-state index contributed by atoms with van der Waals surface area (Å²) in [5.74, 6) is 0. The van der Waals surface area contributed by atoms with Gasteiger partial charge in [0.25, 0.3) is 0 Å². The number of hydrogen-bond donors (Lipinski definition) is 5. The van der Waals surface area contributed by atoms with Crippen molar-refractivity contribution in [1.29, 1.82) is 0 Å².